The van der Waals surface area contributed by atoms with Gasteiger partial charge in [0.25, 0.3) is 0 Å². The van der Waals surface area contributed by atoms with Gasteiger partial charge in [0.05, 0.1) is 6.61 Å². The molecule has 0 aliphatic heterocycles. The molecule has 16 heavy (non-hydrogen) atoms. The van der Waals surface area contributed by atoms with Gasteiger partial charge in [0.2, 0.25) is 0 Å². The van der Waals surface area contributed by atoms with Crippen LogP contribution < -0.4 is 10.6 Å². The number of thiocarbonyl (C=S) groups is 1. The summed E-state index contributed by atoms with van der Waals surface area (Å²) in [6, 6.07) is 4.32. The van der Waals surface area contributed by atoms with E-state index in [4.69, 9.17) is 23.1 Å². The number of nitrogens with two attached hydrogens (primary N) is 1. The first kappa shape index (κ1) is 11.3. The average molecular weight is 237 g/mol. The molecule has 0 spiro atoms. The second kappa shape index (κ2) is 4.76. The topological polar surface area (TPSA) is 62.4 Å². The molecule has 4 nitrogen and oxygen atoms in total. The fraction of sp³-hybridized carbons (Fsp3) is 0.455. The van der Waals surface area contributed by atoms with Crippen LogP contribution in [-0.4, -0.2) is 34.3 Å². The molecular weight excluding hydrogens is 222 g/mol. The van der Waals surface area contributed by atoms with Gasteiger partial charge in [-0.3, -0.25) is 0 Å². The van der Waals surface area contributed by atoms with Crippen molar-refractivity contribution in [3.63, 3.8) is 0 Å². The number of hydrogen-bond donors (Lipinski definition) is 2. The van der Waals surface area contributed by atoms with Gasteiger partial charge in [-0.05, 0) is 25.0 Å². The first-order valence-electron chi connectivity index (χ1n) is 5.35. The lowest BCUT2D eigenvalue weighted by Gasteiger charge is -2.22. The summed E-state index contributed by atoms with van der Waals surface area (Å²) in [6.45, 7) is 0.777. The number of aromatic nitrogens is 1. The summed E-state index contributed by atoms with van der Waals surface area (Å²) >= 11 is 4.87. The highest BCUT2D eigenvalue weighted by Crippen LogP contribution is 2.30. The fourth-order valence-corrected chi connectivity index (χ4v) is 1.80. The second-order valence-corrected chi connectivity index (χ2v) is 4.36. The molecule has 3 N–H and O–H groups in total. The fourth-order valence-electron chi connectivity index (χ4n) is 1.68. The van der Waals surface area contributed by atoms with Gasteiger partial charge in [-0.2, -0.15) is 0 Å². The van der Waals surface area contributed by atoms with Gasteiger partial charge < -0.3 is 15.7 Å². The zero-order chi connectivity index (χ0) is 11.5. The molecule has 86 valence electrons. The van der Waals surface area contributed by atoms with Crippen molar-refractivity contribution in [2.45, 2.75) is 18.9 Å². The maximum absolute atomic E-state index is 9.01. The van der Waals surface area contributed by atoms with E-state index in [1.54, 1.807) is 6.20 Å². The van der Waals surface area contributed by atoms with Crippen molar-refractivity contribution < 1.29 is 5.11 Å². The Balaban J connectivity index is 2.14. The Morgan fingerprint density at radius 1 is 1.56 bits per heavy atom. The van der Waals surface area contributed by atoms with E-state index in [-0.39, 0.29) is 6.61 Å². The molecule has 1 aliphatic carbocycles. The van der Waals surface area contributed by atoms with Crippen molar-refractivity contribution in [3.05, 3.63) is 23.9 Å². The number of aliphatic hydroxyl groups is 1. The third-order valence-electron chi connectivity index (χ3n) is 2.66. The lowest BCUT2D eigenvalue weighted by molar-refractivity contribution is 0.301. The number of pyridine rings is 1. The van der Waals surface area contributed by atoms with Gasteiger partial charge in [0.1, 0.15) is 10.8 Å². The molecule has 0 saturated heterocycles. The highest BCUT2D eigenvalue weighted by Gasteiger charge is 2.29. The molecule has 1 aliphatic rings. The van der Waals surface area contributed by atoms with E-state index in [1.165, 1.54) is 12.8 Å². The molecule has 0 unspecified atom stereocenters. The summed E-state index contributed by atoms with van der Waals surface area (Å²) in [7, 11) is 0. The number of aliphatic hydroxyl groups excluding tert-OH is 1. The summed E-state index contributed by atoms with van der Waals surface area (Å²) in [5.41, 5.74) is 6.28. The summed E-state index contributed by atoms with van der Waals surface area (Å²) in [5, 5.41) is 9.01. The van der Waals surface area contributed by atoms with Crippen LogP contribution in [0.15, 0.2) is 18.3 Å². The largest absolute Gasteiger partial charge is 0.395 e. The predicted molar refractivity (Wildman–Crippen MR) is 67.6 cm³/mol. The van der Waals surface area contributed by atoms with Crippen molar-refractivity contribution in [2.75, 3.05) is 18.1 Å². The van der Waals surface area contributed by atoms with Gasteiger partial charge in [-0.25, -0.2) is 4.98 Å². The number of nitrogens with zero attached hydrogens (tertiary/aromatic N) is 2. The monoisotopic (exact) mass is 237 g/mol. The normalized spacial score (nSPS) is 14.8. The molecule has 2 rings (SSSR count). The minimum absolute atomic E-state index is 0.148. The van der Waals surface area contributed by atoms with Gasteiger partial charge in [0, 0.05) is 24.3 Å². The summed E-state index contributed by atoms with van der Waals surface area (Å²) in [4.78, 5) is 6.82. The van der Waals surface area contributed by atoms with E-state index in [2.05, 4.69) is 9.88 Å². The van der Waals surface area contributed by atoms with Gasteiger partial charge >= 0.3 is 0 Å². The van der Waals surface area contributed by atoms with E-state index < -0.39 is 0 Å². The Morgan fingerprint density at radius 2 is 2.31 bits per heavy atom. The molecule has 1 fully saturated rings. The molecule has 0 atom stereocenters. The number of anilines is 1. The zero-order valence-electron chi connectivity index (χ0n) is 8.97. The van der Waals surface area contributed by atoms with Crippen LogP contribution in [0, 0.1) is 0 Å². The summed E-state index contributed by atoms with van der Waals surface area (Å²) < 4.78 is 0. The Kier molecular flexibility index (Phi) is 3.36. The van der Waals surface area contributed by atoms with E-state index in [1.807, 2.05) is 12.1 Å². The quantitative estimate of drug-likeness (QED) is 0.737. The van der Waals surface area contributed by atoms with E-state index in [9.17, 15) is 0 Å². The minimum Gasteiger partial charge on any atom is -0.395 e. The van der Waals surface area contributed by atoms with Crippen LogP contribution in [0.4, 0.5) is 5.82 Å². The molecule has 0 amide bonds. The van der Waals surface area contributed by atoms with Crippen LogP contribution in [0.5, 0.6) is 0 Å². The van der Waals surface area contributed by atoms with Crippen molar-refractivity contribution in [1.82, 2.24) is 4.98 Å². The first-order valence-corrected chi connectivity index (χ1v) is 5.76. The zero-order valence-corrected chi connectivity index (χ0v) is 9.78. The Bertz CT molecular complexity index is 375. The maximum atomic E-state index is 9.01. The van der Waals surface area contributed by atoms with E-state index >= 15 is 0 Å². The van der Waals surface area contributed by atoms with Crippen molar-refractivity contribution >= 4 is 23.0 Å². The SMILES string of the molecule is NC(=S)c1ccc(N(CCO)C2CC2)nc1. The van der Waals surface area contributed by atoms with Crippen molar-refractivity contribution in [2.24, 2.45) is 5.73 Å². The molecule has 0 bridgehead atoms. The van der Waals surface area contributed by atoms with Crippen molar-refractivity contribution in [3.8, 4) is 0 Å². The third kappa shape index (κ3) is 2.48. The molecular formula is C11H15N3OS. The number of hydrogen-bond acceptors (Lipinski definition) is 4. The standard InChI is InChI=1S/C11H15N3OS/c12-11(16)8-1-4-10(13-7-8)14(5-6-15)9-2-3-9/h1,4,7,9,15H,2-3,5-6H2,(H2,12,16). The third-order valence-corrected chi connectivity index (χ3v) is 2.89. The van der Waals surface area contributed by atoms with Gasteiger partial charge in [-0.15, -0.1) is 0 Å². The molecule has 0 aromatic carbocycles. The smallest absolute Gasteiger partial charge is 0.128 e. The van der Waals surface area contributed by atoms with Crippen LogP contribution in [0.2, 0.25) is 0 Å². The highest BCUT2D eigenvalue weighted by atomic mass is 32.1. The molecule has 1 aromatic rings. The predicted octanol–water partition coefficient (Wildman–Crippen LogP) is 0.677. The molecule has 0 radical (unpaired) electrons. The minimum atomic E-state index is 0.148. The lowest BCUT2D eigenvalue weighted by Crippen LogP contribution is -2.29. The Hall–Kier alpha value is -1.20. The van der Waals surface area contributed by atoms with Crippen LogP contribution in [0.1, 0.15) is 18.4 Å². The Labute approximate surface area is 100 Å². The highest BCUT2D eigenvalue weighted by molar-refractivity contribution is 7.80. The molecule has 1 aromatic heterocycles. The second-order valence-electron chi connectivity index (χ2n) is 3.92. The first-order chi connectivity index (χ1) is 7.72. The van der Waals surface area contributed by atoms with E-state index in [0.717, 1.165) is 11.4 Å². The van der Waals surface area contributed by atoms with Crippen LogP contribution in [0.3, 0.4) is 0 Å². The van der Waals surface area contributed by atoms with Crippen LogP contribution in [0.25, 0.3) is 0 Å². The summed E-state index contributed by atoms with van der Waals surface area (Å²) in [5.74, 6) is 0.886. The molecule has 1 heterocycles. The van der Waals surface area contributed by atoms with E-state index in [0.29, 0.717) is 17.6 Å². The molecule has 1 saturated carbocycles. The van der Waals surface area contributed by atoms with Crippen LogP contribution >= 0.6 is 12.2 Å². The molecule has 5 heteroatoms. The summed E-state index contributed by atoms with van der Waals surface area (Å²) in [6.07, 6.45) is 4.04. The Morgan fingerprint density at radius 3 is 2.75 bits per heavy atom. The van der Waals surface area contributed by atoms with Crippen molar-refractivity contribution in [1.29, 1.82) is 0 Å². The number of rotatable bonds is 5. The van der Waals surface area contributed by atoms with Crippen LogP contribution in [-0.2, 0) is 0 Å². The van der Waals surface area contributed by atoms with Gasteiger partial charge in [0.15, 0.2) is 0 Å². The van der Waals surface area contributed by atoms with Gasteiger partial charge in [-0.1, -0.05) is 12.2 Å². The lowest BCUT2D eigenvalue weighted by atomic mass is 10.3. The maximum Gasteiger partial charge on any atom is 0.128 e. The average Bonchev–Trinajstić information content (AvgIpc) is 3.10.